The maximum absolute atomic E-state index is 12.9. The highest BCUT2D eigenvalue weighted by atomic mass is 16.5. The van der Waals surface area contributed by atoms with Crippen molar-refractivity contribution in [3.8, 4) is 0 Å². The molecule has 0 spiro atoms. The summed E-state index contributed by atoms with van der Waals surface area (Å²) in [6.07, 6.45) is 0. The number of nitrogens with zero attached hydrogens (tertiary/aromatic N) is 2. The third-order valence-electron chi connectivity index (χ3n) is 3.88. The van der Waals surface area contributed by atoms with Crippen LogP contribution in [0.4, 0.5) is 0 Å². The standard InChI is InChI=1S/C17H26N2O2/c1-13-6-8-14(9-7-13)15(18(4)5)16(20)19-10-11-21-17(2,3)12-19/h6-9,15H,10-12H2,1-5H3/t15-/m0/s1. The maximum Gasteiger partial charge on any atom is 0.244 e. The zero-order valence-electron chi connectivity index (χ0n) is 13.7. The van der Waals surface area contributed by atoms with Crippen LogP contribution in [0.5, 0.6) is 0 Å². The molecule has 0 bridgehead atoms. The van der Waals surface area contributed by atoms with Crippen molar-refractivity contribution in [3.63, 3.8) is 0 Å². The molecule has 0 radical (unpaired) electrons. The van der Waals surface area contributed by atoms with Crippen LogP contribution in [0.3, 0.4) is 0 Å². The van der Waals surface area contributed by atoms with Gasteiger partial charge in [0.1, 0.15) is 6.04 Å². The summed E-state index contributed by atoms with van der Waals surface area (Å²) in [5.41, 5.74) is 1.98. The lowest BCUT2D eigenvalue weighted by atomic mass is 10.0. The van der Waals surface area contributed by atoms with E-state index in [0.29, 0.717) is 19.7 Å². The van der Waals surface area contributed by atoms with Crippen molar-refractivity contribution < 1.29 is 9.53 Å². The van der Waals surface area contributed by atoms with Crippen LogP contribution >= 0.6 is 0 Å². The van der Waals surface area contributed by atoms with E-state index >= 15 is 0 Å². The Bertz CT molecular complexity index is 494. The first-order valence-electron chi connectivity index (χ1n) is 7.46. The molecule has 1 aliphatic heterocycles. The zero-order valence-corrected chi connectivity index (χ0v) is 13.7. The van der Waals surface area contributed by atoms with Crippen LogP contribution in [-0.2, 0) is 9.53 Å². The molecule has 1 aromatic carbocycles. The number of aryl methyl sites for hydroxylation is 1. The molecule has 1 heterocycles. The van der Waals surface area contributed by atoms with Crippen LogP contribution in [0, 0.1) is 6.92 Å². The fourth-order valence-corrected chi connectivity index (χ4v) is 2.79. The molecule has 116 valence electrons. The van der Waals surface area contributed by atoms with Gasteiger partial charge in [0.25, 0.3) is 0 Å². The highest BCUT2D eigenvalue weighted by Gasteiger charge is 2.34. The van der Waals surface area contributed by atoms with Crippen molar-refractivity contribution >= 4 is 5.91 Å². The van der Waals surface area contributed by atoms with E-state index in [0.717, 1.165) is 5.56 Å². The fourth-order valence-electron chi connectivity index (χ4n) is 2.79. The van der Waals surface area contributed by atoms with Crippen molar-refractivity contribution in [1.82, 2.24) is 9.80 Å². The molecule has 1 aliphatic rings. The number of morpholine rings is 1. The lowest BCUT2D eigenvalue weighted by Gasteiger charge is -2.40. The molecule has 21 heavy (non-hydrogen) atoms. The van der Waals surface area contributed by atoms with E-state index in [1.807, 2.05) is 49.9 Å². The molecule has 0 aliphatic carbocycles. The summed E-state index contributed by atoms with van der Waals surface area (Å²) < 4.78 is 5.70. The first-order valence-corrected chi connectivity index (χ1v) is 7.46. The smallest absolute Gasteiger partial charge is 0.244 e. The van der Waals surface area contributed by atoms with Crippen molar-refractivity contribution in [2.45, 2.75) is 32.4 Å². The molecule has 2 rings (SSSR count). The van der Waals surface area contributed by atoms with E-state index < -0.39 is 0 Å². The summed E-state index contributed by atoms with van der Waals surface area (Å²) in [4.78, 5) is 16.8. The van der Waals surface area contributed by atoms with Gasteiger partial charge < -0.3 is 9.64 Å². The molecule has 0 N–H and O–H groups in total. The normalized spacial score (nSPS) is 19.6. The van der Waals surface area contributed by atoms with Gasteiger partial charge in [-0.15, -0.1) is 0 Å². The lowest BCUT2D eigenvalue weighted by Crippen LogP contribution is -2.53. The van der Waals surface area contributed by atoms with E-state index in [9.17, 15) is 4.79 Å². The molecular weight excluding hydrogens is 264 g/mol. The molecule has 1 saturated heterocycles. The van der Waals surface area contributed by atoms with E-state index in [1.165, 1.54) is 5.56 Å². The topological polar surface area (TPSA) is 32.8 Å². The third-order valence-corrected chi connectivity index (χ3v) is 3.88. The van der Waals surface area contributed by atoms with E-state index in [4.69, 9.17) is 4.74 Å². The van der Waals surface area contributed by atoms with Gasteiger partial charge in [-0.2, -0.15) is 0 Å². The Morgan fingerprint density at radius 1 is 1.29 bits per heavy atom. The van der Waals surface area contributed by atoms with Gasteiger partial charge in [-0.3, -0.25) is 9.69 Å². The first-order chi connectivity index (χ1) is 9.80. The molecule has 0 aromatic heterocycles. The highest BCUT2D eigenvalue weighted by Crippen LogP contribution is 2.25. The fraction of sp³-hybridized carbons (Fsp3) is 0.588. The molecule has 1 aromatic rings. The molecule has 0 saturated carbocycles. The molecule has 1 atom stereocenters. The van der Waals surface area contributed by atoms with E-state index in [-0.39, 0.29) is 17.6 Å². The van der Waals surface area contributed by atoms with Crippen LogP contribution in [0.2, 0.25) is 0 Å². The van der Waals surface area contributed by atoms with Crippen molar-refractivity contribution in [2.24, 2.45) is 0 Å². The zero-order chi connectivity index (χ0) is 15.6. The minimum absolute atomic E-state index is 0.153. The summed E-state index contributed by atoms with van der Waals surface area (Å²) in [6, 6.07) is 7.97. The predicted octanol–water partition coefficient (Wildman–Crippen LogP) is 2.24. The number of carbonyl (C=O) groups is 1. The van der Waals surface area contributed by atoms with Crippen LogP contribution in [-0.4, -0.2) is 55.1 Å². The number of rotatable bonds is 3. The number of likely N-dealkylation sites (N-methyl/N-ethyl adjacent to an activating group) is 1. The summed E-state index contributed by atoms with van der Waals surface area (Å²) in [5.74, 6) is 0.153. The number of hydrogen-bond acceptors (Lipinski definition) is 3. The summed E-state index contributed by atoms with van der Waals surface area (Å²) in [5, 5.41) is 0. The Kier molecular flexibility index (Phi) is 4.69. The number of benzene rings is 1. The Morgan fingerprint density at radius 3 is 2.43 bits per heavy atom. The average molecular weight is 290 g/mol. The number of ether oxygens (including phenoxy) is 1. The third kappa shape index (κ3) is 3.83. The molecule has 1 fully saturated rings. The van der Waals surface area contributed by atoms with E-state index in [2.05, 4.69) is 19.1 Å². The monoisotopic (exact) mass is 290 g/mol. The Labute approximate surface area is 127 Å². The Hall–Kier alpha value is -1.39. The van der Waals surface area contributed by atoms with Crippen molar-refractivity contribution in [1.29, 1.82) is 0 Å². The molecule has 1 amide bonds. The van der Waals surface area contributed by atoms with Gasteiger partial charge in [-0.05, 0) is 40.4 Å². The number of carbonyl (C=O) groups excluding carboxylic acids is 1. The van der Waals surface area contributed by atoms with Crippen molar-refractivity contribution in [2.75, 3.05) is 33.8 Å². The van der Waals surface area contributed by atoms with Gasteiger partial charge in [-0.1, -0.05) is 29.8 Å². The Morgan fingerprint density at radius 2 is 1.90 bits per heavy atom. The second kappa shape index (κ2) is 6.16. The van der Waals surface area contributed by atoms with Crippen LogP contribution in [0.1, 0.15) is 31.0 Å². The van der Waals surface area contributed by atoms with Gasteiger partial charge in [0.2, 0.25) is 5.91 Å². The maximum atomic E-state index is 12.9. The number of amides is 1. The lowest BCUT2D eigenvalue weighted by molar-refractivity contribution is -0.150. The van der Waals surface area contributed by atoms with Gasteiger partial charge >= 0.3 is 0 Å². The minimum atomic E-state index is -0.266. The quantitative estimate of drug-likeness (QED) is 0.856. The summed E-state index contributed by atoms with van der Waals surface area (Å²) in [7, 11) is 3.90. The molecule has 4 nitrogen and oxygen atoms in total. The molecular formula is C17H26N2O2. The second-order valence-electron chi connectivity index (χ2n) is 6.64. The highest BCUT2D eigenvalue weighted by molar-refractivity contribution is 5.83. The van der Waals surface area contributed by atoms with Gasteiger partial charge in [0, 0.05) is 13.1 Å². The Balaban J connectivity index is 2.22. The predicted molar refractivity (Wildman–Crippen MR) is 84.2 cm³/mol. The summed E-state index contributed by atoms with van der Waals surface area (Å²) >= 11 is 0. The van der Waals surface area contributed by atoms with Crippen LogP contribution in [0.15, 0.2) is 24.3 Å². The van der Waals surface area contributed by atoms with E-state index in [1.54, 1.807) is 0 Å². The minimum Gasteiger partial charge on any atom is -0.372 e. The largest absolute Gasteiger partial charge is 0.372 e. The van der Waals surface area contributed by atoms with Crippen LogP contribution < -0.4 is 0 Å². The molecule has 4 heteroatoms. The van der Waals surface area contributed by atoms with Crippen LogP contribution in [0.25, 0.3) is 0 Å². The first kappa shape index (κ1) is 16.0. The SMILES string of the molecule is Cc1ccc([C@@H](C(=O)N2CCOC(C)(C)C2)N(C)C)cc1. The van der Waals surface area contributed by atoms with Crippen molar-refractivity contribution in [3.05, 3.63) is 35.4 Å². The second-order valence-corrected chi connectivity index (χ2v) is 6.64. The van der Waals surface area contributed by atoms with Gasteiger partial charge in [-0.25, -0.2) is 0 Å². The number of hydrogen-bond donors (Lipinski definition) is 0. The van der Waals surface area contributed by atoms with Gasteiger partial charge in [0.05, 0.1) is 12.2 Å². The molecule has 0 unspecified atom stereocenters. The summed E-state index contributed by atoms with van der Waals surface area (Å²) in [6.45, 7) is 8.03. The van der Waals surface area contributed by atoms with Gasteiger partial charge in [0.15, 0.2) is 0 Å². The average Bonchev–Trinajstić information content (AvgIpc) is 2.39.